The van der Waals surface area contributed by atoms with Crippen LogP contribution in [0.3, 0.4) is 0 Å². The number of H-pyrrole nitrogens is 2. The molecular weight excluding hydrogens is 1200 g/mol. The summed E-state index contributed by atoms with van der Waals surface area (Å²) in [5.74, 6) is 0.822. The molecular formula is C72H152N24. The molecule has 0 spiro atoms. The summed E-state index contributed by atoms with van der Waals surface area (Å²) in [5, 5.41) is 48.3. The number of rotatable bonds is 0. The predicted octanol–water partition coefficient (Wildman–Crippen LogP) is 20.9. The van der Waals surface area contributed by atoms with Crippen molar-refractivity contribution in [3.63, 3.8) is 0 Å². The topological polar surface area (TPSA) is 307 Å². The maximum Gasteiger partial charge on any atom is 0.138 e. The lowest BCUT2D eigenvalue weighted by molar-refractivity contribution is 0.715. The van der Waals surface area contributed by atoms with Gasteiger partial charge in [0, 0.05) is 80.9 Å². The molecule has 0 aromatic carbocycles. The monoisotopic (exact) mass is 1350 g/mol. The number of aromatic amines is 2. The zero-order chi connectivity index (χ0) is 69.0. The molecule has 10 heterocycles. The number of aromatic nitrogens is 24. The summed E-state index contributed by atoms with van der Waals surface area (Å²) in [6.07, 6.45) is 31.7. The van der Waals surface area contributed by atoms with Crippen LogP contribution in [0.2, 0.25) is 0 Å². The van der Waals surface area contributed by atoms with Crippen molar-refractivity contribution in [2.24, 2.45) is 7.05 Å². The molecule has 0 bridgehead atoms. The molecule has 0 radical (unpaired) electrons. The van der Waals surface area contributed by atoms with Gasteiger partial charge in [-0.25, -0.2) is 34.9 Å². The van der Waals surface area contributed by atoms with E-state index in [9.17, 15) is 0 Å². The Morgan fingerprint density at radius 2 is 0.760 bits per heavy atom. The molecule has 0 fully saturated rings. The summed E-state index contributed by atoms with van der Waals surface area (Å²) in [6.45, 7) is 57.2. The predicted molar refractivity (Wildman–Crippen MR) is 422 cm³/mol. The summed E-state index contributed by atoms with van der Waals surface area (Å²) < 4.78 is 1.64. The van der Waals surface area contributed by atoms with Crippen LogP contribution in [0.5, 0.6) is 0 Å². The Balaban J connectivity index is -0.0000000388. The van der Waals surface area contributed by atoms with Gasteiger partial charge in [-0.1, -0.05) is 211 Å². The minimum atomic E-state index is 0. The average Bonchev–Trinajstić information content (AvgIpc) is 4.57. The molecule has 24 nitrogen and oxygen atoms in total. The van der Waals surface area contributed by atoms with Crippen LogP contribution in [0, 0.1) is 62.3 Å². The van der Waals surface area contributed by atoms with Crippen molar-refractivity contribution < 1.29 is 0 Å². The van der Waals surface area contributed by atoms with Gasteiger partial charge in [0.15, 0.2) is 0 Å². The van der Waals surface area contributed by atoms with Crippen LogP contribution in [0.15, 0.2) is 148 Å². The van der Waals surface area contributed by atoms with Crippen LogP contribution in [0.4, 0.5) is 0 Å². The van der Waals surface area contributed by atoms with E-state index in [-0.39, 0.29) is 66.8 Å². The molecule has 0 amide bonds. The third-order valence-electron chi connectivity index (χ3n) is 6.45. The van der Waals surface area contributed by atoms with Crippen molar-refractivity contribution in [3.05, 3.63) is 200 Å². The molecule has 0 saturated carbocycles. The van der Waals surface area contributed by atoms with Crippen molar-refractivity contribution in [2.45, 2.75) is 268 Å². The zero-order valence-corrected chi connectivity index (χ0v) is 59.2. The number of nitrogens with zero attached hydrogens (tertiary/aromatic N) is 22. The molecule has 560 valence electrons. The first-order valence-corrected chi connectivity index (χ1v) is 29.9. The highest BCUT2D eigenvalue weighted by atomic mass is 15.4. The van der Waals surface area contributed by atoms with E-state index in [0.29, 0.717) is 0 Å². The lowest BCUT2D eigenvalue weighted by Gasteiger charge is -1.81. The smallest absolute Gasteiger partial charge is 0.138 e. The second-order valence-electron chi connectivity index (χ2n) is 12.7. The molecule has 2 N–H and O–H groups in total. The summed E-state index contributed by atoms with van der Waals surface area (Å²) in [5.41, 5.74) is 7.88. The second kappa shape index (κ2) is 134. The number of nitrogens with one attached hydrogen (secondary N) is 2. The summed E-state index contributed by atoms with van der Waals surface area (Å²) >= 11 is 0. The van der Waals surface area contributed by atoms with E-state index < -0.39 is 0 Å². The molecule has 0 aliphatic rings. The van der Waals surface area contributed by atoms with Gasteiger partial charge in [0.2, 0.25) is 0 Å². The van der Waals surface area contributed by atoms with E-state index in [4.69, 9.17) is 0 Å². The van der Waals surface area contributed by atoms with Crippen LogP contribution >= 0.6 is 0 Å². The van der Waals surface area contributed by atoms with E-state index in [0.717, 1.165) is 51.1 Å². The maximum absolute atomic E-state index is 3.92. The Morgan fingerprint density at radius 3 is 0.927 bits per heavy atom. The normalized spacial score (nSPS) is 6.73. The Hall–Kier alpha value is -9.09. The first-order valence-electron chi connectivity index (χ1n) is 29.9. The van der Waals surface area contributed by atoms with E-state index in [1.807, 2.05) is 232 Å². The fourth-order valence-electron chi connectivity index (χ4n) is 3.31. The summed E-state index contributed by atoms with van der Waals surface area (Å²) in [4.78, 5) is 34.3. The molecule has 10 aromatic rings. The first-order chi connectivity index (χ1) is 42.4. The molecule has 0 atom stereocenters. The van der Waals surface area contributed by atoms with Crippen molar-refractivity contribution >= 4 is 0 Å². The van der Waals surface area contributed by atoms with E-state index in [1.165, 1.54) is 19.0 Å². The average molecular weight is 1350 g/mol. The van der Waals surface area contributed by atoms with Crippen molar-refractivity contribution in [1.29, 1.82) is 0 Å². The van der Waals surface area contributed by atoms with Gasteiger partial charge in [-0.3, -0.25) is 14.6 Å². The van der Waals surface area contributed by atoms with E-state index >= 15 is 0 Å². The Morgan fingerprint density at radius 1 is 0.292 bits per heavy atom. The first kappa shape index (κ1) is 139. The molecule has 96 heavy (non-hydrogen) atoms. The number of hydrogen-bond donors (Lipinski definition) is 2. The van der Waals surface area contributed by atoms with Gasteiger partial charge < -0.3 is 0 Å². The highest BCUT2D eigenvalue weighted by Crippen LogP contribution is 1.87. The van der Waals surface area contributed by atoms with Gasteiger partial charge in [-0.15, -0.1) is 10.2 Å². The van der Waals surface area contributed by atoms with Crippen LogP contribution in [-0.2, 0) is 7.05 Å². The van der Waals surface area contributed by atoms with Crippen LogP contribution in [0.25, 0.3) is 0 Å². The van der Waals surface area contributed by atoms with Gasteiger partial charge in [-0.2, -0.15) is 56.3 Å². The lowest BCUT2D eigenvalue weighted by Crippen LogP contribution is -1.85. The highest BCUT2D eigenvalue weighted by molar-refractivity contribution is 5.00. The van der Waals surface area contributed by atoms with Gasteiger partial charge in [0.25, 0.3) is 0 Å². The van der Waals surface area contributed by atoms with Crippen molar-refractivity contribution in [1.82, 2.24) is 121 Å². The molecule has 0 unspecified atom stereocenters. The molecule has 10 rings (SSSR count). The van der Waals surface area contributed by atoms with Crippen LogP contribution in [0.1, 0.15) is 256 Å². The minimum Gasteiger partial charge on any atom is -0.261 e. The molecule has 0 aliphatic heterocycles. The fraction of sp³-hybridized carbons (Fsp3) is 0.542. The largest absolute Gasteiger partial charge is 0.261 e. The molecule has 24 heteroatoms. The lowest BCUT2D eigenvalue weighted by atomic mass is 10.4. The van der Waals surface area contributed by atoms with E-state index in [2.05, 4.69) is 117 Å². The van der Waals surface area contributed by atoms with Crippen molar-refractivity contribution in [3.8, 4) is 0 Å². The summed E-state index contributed by atoms with van der Waals surface area (Å²) in [6, 6.07) is 9.34. The van der Waals surface area contributed by atoms with E-state index in [1.54, 1.807) is 110 Å². The molecule has 0 saturated heterocycles. The van der Waals surface area contributed by atoms with Gasteiger partial charge in [0.1, 0.15) is 24.8 Å². The number of aryl methyl sites for hydroxylation is 10. The minimum absolute atomic E-state index is 0. The third kappa shape index (κ3) is 130. The van der Waals surface area contributed by atoms with Crippen LogP contribution in [-0.4, -0.2) is 121 Å². The SMILES string of the molecule is C.C.C.C.C.C.C.C.C.CC.CC.CC.CC.CC.CC.CC.CC.CC.CC.Cc1cccnn1.Cc1ccncn1.Cc1ccnnc1.Cc1cn[nH]n1.Cc1cn[nH]n1.Cc1cnccn1.Cc1cncnc1.Cc1cncnn1.Cc1ncccn1.Cn1ccnn1. The highest BCUT2D eigenvalue weighted by Gasteiger charge is 1.80. The Kier molecular flexibility index (Phi) is 195. The zero-order valence-electron chi connectivity index (χ0n) is 59.2. The molecule has 10 aromatic heterocycles. The fourth-order valence-corrected chi connectivity index (χ4v) is 3.31. The standard InChI is InChI=1S/6C5H6N2.C4H5N3.3C3H5N3.10C2H6.9CH4/c1-5-2-6-4-7-3-5;1-5-4-6-2-3-7-5;1-5-2-3-6-4-7-5;1-5-2-3-6-7-4-5;1-5-6-3-2-4-7-5;1-5-3-2-4-6-7-5;1-4-2-5-3-6-7-4;1-6-3-2-4-5-6;2*1-3-2-4-6-5-3;10*1-2;;;;;;;;;/h6*2-4H,1H3;2-3H,1H3;2-3H,1H3;2*2H,1H3,(H,4,5,6);10*1-2H3;9*1H4. The second-order valence-corrected chi connectivity index (χ2v) is 12.7. The van der Waals surface area contributed by atoms with Gasteiger partial charge >= 0.3 is 0 Å². The van der Waals surface area contributed by atoms with Crippen LogP contribution < -0.4 is 0 Å². The Labute approximate surface area is 593 Å². The summed E-state index contributed by atoms with van der Waals surface area (Å²) in [7, 11) is 1.83. The molecule has 0 aliphatic carbocycles. The quantitative estimate of drug-likeness (QED) is 0.142. The maximum atomic E-state index is 3.92. The third-order valence-corrected chi connectivity index (χ3v) is 6.45. The Bertz CT molecular complexity index is 2050. The number of hydrogen-bond acceptors (Lipinski definition) is 21. The van der Waals surface area contributed by atoms with Gasteiger partial charge in [-0.05, 0) is 104 Å². The van der Waals surface area contributed by atoms with Gasteiger partial charge in [0.05, 0.1) is 59.5 Å². The van der Waals surface area contributed by atoms with Crippen molar-refractivity contribution in [2.75, 3.05) is 0 Å².